The number of carboxylic acids is 1. The van der Waals surface area contributed by atoms with Gasteiger partial charge >= 0.3 is 144 Å². The van der Waals surface area contributed by atoms with Gasteiger partial charge < -0.3 is 47.3 Å². The van der Waals surface area contributed by atoms with E-state index in [2.05, 4.69) is 108 Å². The minimum atomic E-state index is -0.630. The molecule has 4 N–H and O–H groups in total. The van der Waals surface area contributed by atoms with E-state index in [1.807, 2.05) is 4.90 Å². The second-order valence-corrected chi connectivity index (χ2v) is 15.3. The fourth-order valence-electron chi connectivity index (χ4n) is 4.75. The molecule has 328 valence electrons. The summed E-state index contributed by atoms with van der Waals surface area (Å²) < 4.78 is 2.64. The Labute approximate surface area is 504 Å². The van der Waals surface area contributed by atoms with Crippen LogP contribution in [0.25, 0.3) is 0 Å². The van der Waals surface area contributed by atoms with Gasteiger partial charge in [0, 0.05) is 122 Å². The number of hydrogen-bond acceptors (Lipinski definition) is 16. The minimum Gasteiger partial charge on any atom is -1.00 e. The minimum absolute atomic E-state index is 0. The van der Waals surface area contributed by atoms with Crippen molar-refractivity contribution in [2.75, 3.05) is 88.3 Å². The number of hydrogen-bond donors (Lipinski definition) is 4. The quantitative estimate of drug-likeness (QED) is 0.0935. The smallest absolute Gasteiger partial charge is 1.00 e. The fraction of sp³-hybridized carbons (Fsp3) is 0.583. The molecule has 0 unspecified atom stereocenters. The van der Waals surface area contributed by atoms with Crippen LogP contribution in [-0.4, -0.2) is 137 Å². The summed E-state index contributed by atoms with van der Waals surface area (Å²) in [6.07, 6.45) is 14.2. The van der Waals surface area contributed by atoms with Crippen molar-refractivity contribution in [3.8, 4) is 0 Å². The summed E-state index contributed by atoms with van der Waals surface area (Å²) >= 11 is 15.2. The summed E-state index contributed by atoms with van der Waals surface area (Å²) in [6.45, 7) is 11.6. The molecular formula is C36H58Br3ClCs2N12O6. The average molecular weight is 1300 g/mol. The van der Waals surface area contributed by atoms with Crippen LogP contribution in [0, 0.1) is 11.8 Å². The third kappa shape index (κ3) is 29.5. The van der Waals surface area contributed by atoms with Crippen LogP contribution in [-0.2, 0) is 19.3 Å². The zero-order chi connectivity index (χ0) is 39.8. The standard InChI is InChI=1S/C12H15BrN4O.C8H11BrN4.C4H2BrClN2.C4H10N2.C4H6O2.CH2O3.3CH4.2Cs.H/c13-10-7-14-12(15-8-10)17-5-3-16(4-6-17)11(18)9-1-2-9;9-7-5-11-8(12-6-7)13-3-1-10-2-4-13;5-3-1-7-4(6)8-2-3;1-2-6-4-3-5-1;5-4(6)3-1-2-3;2-1-4-3;;;;;;/h7-9H,1-6H2;5-6,10H,1-4H2;1-2H;5-6H,1-4H2;3H,1-2H2,(H,5,6);1,3H;3*1H4;;;/q;;;;;;;;;2*+1;-1/p-1. The van der Waals surface area contributed by atoms with Crippen molar-refractivity contribution < 1.29 is 169 Å². The number of nitrogens with one attached hydrogen (secondary N) is 3. The van der Waals surface area contributed by atoms with E-state index >= 15 is 0 Å². The van der Waals surface area contributed by atoms with Crippen LogP contribution in [0.2, 0.25) is 5.28 Å². The Hall–Kier alpha value is 0.924. The van der Waals surface area contributed by atoms with Gasteiger partial charge in [-0.15, -0.1) is 0 Å². The number of nitrogens with zero attached hydrogens (tertiary/aromatic N) is 9. The van der Waals surface area contributed by atoms with Crippen molar-refractivity contribution in [2.45, 2.75) is 48.0 Å². The Bertz CT molecular complexity index is 1520. The molecule has 0 radical (unpaired) electrons. The number of aromatic nitrogens is 6. The Kier molecular flexibility index (Phi) is 42.5. The molecule has 6 heterocycles. The van der Waals surface area contributed by atoms with Gasteiger partial charge in [0.25, 0.3) is 6.47 Å². The Morgan fingerprint density at radius 1 is 0.667 bits per heavy atom. The summed E-state index contributed by atoms with van der Waals surface area (Å²) in [5, 5.41) is 26.5. The van der Waals surface area contributed by atoms with Crippen LogP contribution in [0.3, 0.4) is 0 Å². The summed E-state index contributed by atoms with van der Waals surface area (Å²) in [5.74, 6) is 1.62. The van der Waals surface area contributed by atoms with Gasteiger partial charge in [0.2, 0.25) is 23.1 Å². The number of anilines is 2. The van der Waals surface area contributed by atoms with E-state index in [-0.39, 0.29) is 179 Å². The first-order valence-electron chi connectivity index (χ1n) is 17.5. The van der Waals surface area contributed by atoms with E-state index < -0.39 is 5.97 Å². The summed E-state index contributed by atoms with van der Waals surface area (Å²) in [7, 11) is 0. The van der Waals surface area contributed by atoms with Crippen molar-refractivity contribution in [3.05, 3.63) is 55.9 Å². The van der Waals surface area contributed by atoms with Crippen molar-refractivity contribution >= 4 is 89.6 Å². The molecule has 18 nitrogen and oxygen atoms in total. The van der Waals surface area contributed by atoms with Gasteiger partial charge in [-0.2, -0.15) is 0 Å². The van der Waals surface area contributed by atoms with Crippen molar-refractivity contribution in [2.24, 2.45) is 11.8 Å². The first-order chi connectivity index (χ1) is 26.6. The molecule has 24 heteroatoms. The van der Waals surface area contributed by atoms with Crippen LogP contribution in [0.15, 0.2) is 50.6 Å². The fourth-order valence-corrected chi connectivity index (χ4v) is 5.46. The number of carboxylic acid groups (broad SMARTS) is 1. The molecule has 2 saturated carbocycles. The van der Waals surface area contributed by atoms with Gasteiger partial charge in [0.15, 0.2) is 0 Å². The van der Waals surface area contributed by atoms with Gasteiger partial charge in [-0.25, -0.2) is 29.9 Å². The zero-order valence-corrected chi connectivity index (χ0v) is 50.1. The summed E-state index contributed by atoms with van der Waals surface area (Å²) in [4.78, 5) is 63.6. The largest absolute Gasteiger partial charge is 1.00 e. The van der Waals surface area contributed by atoms with E-state index in [0.717, 1.165) is 130 Å². The number of rotatable bonds is 5. The predicted octanol–water partition coefficient (Wildman–Crippen LogP) is -2.04. The molecule has 3 aliphatic heterocycles. The van der Waals surface area contributed by atoms with E-state index in [1.54, 1.807) is 37.2 Å². The molecule has 8 rings (SSSR count). The number of carbonyl (C=O) groups excluding carboxylic acids is 2. The molecule has 5 fully saturated rings. The van der Waals surface area contributed by atoms with Crippen LogP contribution in [0.1, 0.15) is 49.4 Å². The maximum atomic E-state index is 11.9. The first-order valence-corrected chi connectivity index (χ1v) is 20.3. The Balaban J connectivity index is -0.000000336. The predicted molar refractivity (Wildman–Crippen MR) is 235 cm³/mol. The molecule has 3 aromatic heterocycles. The van der Waals surface area contributed by atoms with Gasteiger partial charge in [-0.05, 0) is 85.1 Å². The van der Waals surface area contributed by atoms with Gasteiger partial charge in [0.1, 0.15) is 0 Å². The molecule has 0 aromatic carbocycles. The van der Waals surface area contributed by atoms with Crippen LogP contribution >= 0.6 is 59.4 Å². The van der Waals surface area contributed by atoms with Gasteiger partial charge in [-0.1, -0.05) is 22.3 Å². The molecular weight excluding hydrogens is 1240 g/mol. The van der Waals surface area contributed by atoms with Crippen molar-refractivity contribution in [1.82, 2.24) is 50.8 Å². The van der Waals surface area contributed by atoms with Gasteiger partial charge in [0.05, 0.1) is 19.3 Å². The molecule has 1 amide bonds. The molecule has 0 bridgehead atoms. The molecule has 60 heavy (non-hydrogen) atoms. The van der Waals surface area contributed by atoms with Crippen LogP contribution in [0.5, 0.6) is 0 Å². The third-order valence-corrected chi connectivity index (χ3v) is 9.35. The summed E-state index contributed by atoms with van der Waals surface area (Å²) in [6, 6.07) is 0. The average Bonchev–Trinajstić information content (AvgIpc) is 4.16. The molecule has 3 aromatic rings. The van der Waals surface area contributed by atoms with E-state index in [9.17, 15) is 9.59 Å². The van der Waals surface area contributed by atoms with Crippen LogP contribution < -0.4 is 169 Å². The summed E-state index contributed by atoms with van der Waals surface area (Å²) in [5.41, 5.74) is 0. The zero-order valence-electron chi connectivity index (χ0n) is 33.0. The second kappa shape index (κ2) is 39.1. The maximum absolute atomic E-state index is 11.9. The van der Waals surface area contributed by atoms with E-state index in [1.165, 1.54) is 0 Å². The topological polar surface area (TPSA) is 227 Å². The Morgan fingerprint density at radius 2 is 1.00 bits per heavy atom. The number of amides is 1. The normalized spacial score (nSPS) is 15.8. The van der Waals surface area contributed by atoms with Crippen LogP contribution in [0.4, 0.5) is 11.9 Å². The maximum Gasteiger partial charge on any atom is 1.00 e. The third-order valence-electron chi connectivity index (χ3n) is 7.93. The number of halogens is 4. The molecule has 0 spiro atoms. The second-order valence-electron chi connectivity index (χ2n) is 12.2. The molecule has 5 aliphatic rings. The molecule has 0 atom stereocenters. The number of aliphatic carboxylic acids is 1. The van der Waals surface area contributed by atoms with Crippen molar-refractivity contribution in [1.29, 1.82) is 0 Å². The van der Waals surface area contributed by atoms with Gasteiger partial charge in [-0.3, -0.25) is 14.4 Å². The Morgan fingerprint density at radius 3 is 1.28 bits per heavy atom. The monoisotopic (exact) mass is 1290 g/mol. The van der Waals surface area contributed by atoms with Crippen molar-refractivity contribution in [3.63, 3.8) is 0 Å². The van der Waals surface area contributed by atoms with E-state index in [0.29, 0.717) is 11.8 Å². The molecule has 3 saturated heterocycles. The number of piperazine rings is 3. The number of carbonyl (C=O) groups is 3. The SMILES string of the molecule is Brc1cnc(N2CCNCC2)nc1.C.C.C.C1CNCCN1.Clc1ncc(Br)cn1.O=C(C1CC1)N1CCN(c2ncc(Br)cn2)CC1.O=C(O)C1CC1.O=CO[O-].[Cs+].[Cs+].[H-]. The first kappa shape index (κ1) is 65.2. The molecule has 2 aliphatic carbocycles. The van der Waals surface area contributed by atoms with E-state index in [4.69, 9.17) is 26.8 Å².